The number of ether oxygens (including phenoxy) is 1. The van der Waals surface area contributed by atoms with Crippen LogP contribution < -0.4 is 10.5 Å². The Kier molecular flexibility index (Phi) is 5.46. The van der Waals surface area contributed by atoms with Crippen molar-refractivity contribution in [2.45, 2.75) is 19.4 Å². The minimum atomic E-state index is -0.116. The zero-order chi connectivity index (χ0) is 12.0. The summed E-state index contributed by atoms with van der Waals surface area (Å²) in [6.07, 6.45) is 0. The molecular formula is C12H18ClNOS. The highest BCUT2D eigenvalue weighted by molar-refractivity contribution is 7.99. The van der Waals surface area contributed by atoms with Crippen molar-refractivity contribution in [3.8, 4) is 5.75 Å². The molecule has 0 aliphatic rings. The molecule has 0 bridgehead atoms. The van der Waals surface area contributed by atoms with Crippen molar-refractivity contribution in [2.75, 3.05) is 18.1 Å². The predicted octanol–water partition coefficient (Wildman–Crippen LogP) is 3.19. The van der Waals surface area contributed by atoms with Crippen LogP contribution in [-0.2, 0) is 0 Å². The molecule has 16 heavy (non-hydrogen) atoms. The third-order valence-electron chi connectivity index (χ3n) is 1.80. The number of rotatable bonds is 6. The molecule has 0 radical (unpaired) electrons. The van der Waals surface area contributed by atoms with Crippen molar-refractivity contribution in [2.24, 2.45) is 5.73 Å². The van der Waals surface area contributed by atoms with E-state index in [-0.39, 0.29) is 5.54 Å². The van der Waals surface area contributed by atoms with E-state index < -0.39 is 0 Å². The largest absolute Gasteiger partial charge is 0.491 e. The van der Waals surface area contributed by atoms with Gasteiger partial charge in [-0.2, -0.15) is 11.8 Å². The van der Waals surface area contributed by atoms with E-state index in [4.69, 9.17) is 22.1 Å². The lowest BCUT2D eigenvalue weighted by atomic mass is 10.1. The summed E-state index contributed by atoms with van der Waals surface area (Å²) < 4.78 is 5.56. The molecule has 0 spiro atoms. The molecule has 0 fully saturated rings. The van der Waals surface area contributed by atoms with Crippen molar-refractivity contribution in [1.82, 2.24) is 0 Å². The Morgan fingerprint density at radius 1 is 1.38 bits per heavy atom. The summed E-state index contributed by atoms with van der Waals surface area (Å²) in [5.74, 6) is 2.60. The van der Waals surface area contributed by atoms with E-state index in [0.717, 1.165) is 17.3 Å². The number of halogens is 1. The van der Waals surface area contributed by atoms with Gasteiger partial charge in [0.25, 0.3) is 0 Å². The van der Waals surface area contributed by atoms with Gasteiger partial charge in [0, 0.05) is 17.0 Å². The van der Waals surface area contributed by atoms with E-state index in [9.17, 15) is 0 Å². The molecule has 2 N–H and O–H groups in total. The number of hydrogen-bond acceptors (Lipinski definition) is 3. The van der Waals surface area contributed by atoms with E-state index in [2.05, 4.69) is 0 Å². The van der Waals surface area contributed by atoms with Crippen LogP contribution in [0.5, 0.6) is 5.75 Å². The zero-order valence-corrected chi connectivity index (χ0v) is 11.3. The highest BCUT2D eigenvalue weighted by Gasteiger charge is 2.09. The molecule has 1 rings (SSSR count). The molecule has 2 nitrogen and oxygen atoms in total. The Bertz CT molecular complexity index is 325. The van der Waals surface area contributed by atoms with Gasteiger partial charge in [0.2, 0.25) is 0 Å². The van der Waals surface area contributed by atoms with Crippen LogP contribution >= 0.6 is 23.4 Å². The van der Waals surface area contributed by atoms with Gasteiger partial charge in [-0.25, -0.2) is 0 Å². The predicted molar refractivity (Wildman–Crippen MR) is 72.5 cm³/mol. The van der Waals surface area contributed by atoms with Gasteiger partial charge in [-0.05, 0) is 26.0 Å². The fourth-order valence-corrected chi connectivity index (χ4v) is 2.17. The molecule has 0 atom stereocenters. The fraction of sp³-hybridized carbons (Fsp3) is 0.500. The maximum absolute atomic E-state index is 5.96. The molecular weight excluding hydrogens is 242 g/mol. The van der Waals surface area contributed by atoms with Crippen LogP contribution in [0.4, 0.5) is 0 Å². The van der Waals surface area contributed by atoms with Crippen LogP contribution in [-0.4, -0.2) is 23.7 Å². The molecule has 0 heterocycles. The van der Waals surface area contributed by atoms with E-state index >= 15 is 0 Å². The molecule has 4 heteroatoms. The van der Waals surface area contributed by atoms with Gasteiger partial charge >= 0.3 is 0 Å². The second-order valence-corrected chi connectivity index (χ2v) is 5.83. The molecule has 0 aliphatic carbocycles. The van der Waals surface area contributed by atoms with Crippen LogP contribution in [0.25, 0.3) is 0 Å². The van der Waals surface area contributed by atoms with E-state index in [0.29, 0.717) is 11.6 Å². The van der Waals surface area contributed by atoms with Gasteiger partial charge in [-0.3, -0.25) is 0 Å². The number of nitrogens with two attached hydrogens (primary N) is 1. The van der Waals surface area contributed by atoms with Gasteiger partial charge in [0.1, 0.15) is 5.75 Å². The molecule has 90 valence electrons. The molecule has 1 aromatic rings. The third kappa shape index (κ3) is 5.64. The maximum Gasteiger partial charge on any atom is 0.137 e. The van der Waals surface area contributed by atoms with Crippen LogP contribution in [0, 0.1) is 0 Å². The molecule has 0 amide bonds. The molecule has 0 unspecified atom stereocenters. The summed E-state index contributed by atoms with van der Waals surface area (Å²) in [6.45, 7) is 4.70. The van der Waals surface area contributed by atoms with E-state index in [1.165, 1.54) is 0 Å². The lowest BCUT2D eigenvalue weighted by Gasteiger charge is -2.17. The first kappa shape index (κ1) is 13.7. The number of thioether (sulfide) groups is 1. The van der Waals surface area contributed by atoms with E-state index in [1.54, 1.807) is 11.8 Å². The first-order valence-corrected chi connectivity index (χ1v) is 6.76. The van der Waals surface area contributed by atoms with Gasteiger partial charge in [0.15, 0.2) is 0 Å². The Morgan fingerprint density at radius 2 is 2.06 bits per heavy atom. The Hall–Kier alpha value is -0.380. The molecule has 0 saturated heterocycles. The first-order chi connectivity index (χ1) is 7.49. The van der Waals surface area contributed by atoms with Crippen molar-refractivity contribution in [3.63, 3.8) is 0 Å². The second kappa shape index (κ2) is 6.38. The van der Waals surface area contributed by atoms with Gasteiger partial charge in [0.05, 0.1) is 11.6 Å². The van der Waals surface area contributed by atoms with Crippen molar-refractivity contribution in [3.05, 3.63) is 29.3 Å². The average molecular weight is 260 g/mol. The summed E-state index contributed by atoms with van der Waals surface area (Å²) in [4.78, 5) is 0. The molecule has 0 aliphatic heterocycles. The lowest BCUT2D eigenvalue weighted by molar-refractivity contribution is 0.344. The van der Waals surface area contributed by atoms with Crippen LogP contribution in [0.2, 0.25) is 5.02 Å². The van der Waals surface area contributed by atoms with Gasteiger partial charge in [-0.15, -0.1) is 0 Å². The van der Waals surface area contributed by atoms with E-state index in [1.807, 2.05) is 38.1 Å². The second-order valence-electron chi connectivity index (χ2n) is 4.32. The highest BCUT2D eigenvalue weighted by Crippen LogP contribution is 2.23. The zero-order valence-electron chi connectivity index (χ0n) is 9.70. The summed E-state index contributed by atoms with van der Waals surface area (Å²) in [5, 5.41) is 0.659. The topological polar surface area (TPSA) is 35.2 Å². The number of benzene rings is 1. The molecule has 0 saturated carbocycles. The van der Waals surface area contributed by atoms with Crippen molar-refractivity contribution >= 4 is 23.4 Å². The summed E-state index contributed by atoms with van der Waals surface area (Å²) >= 11 is 7.75. The summed E-state index contributed by atoms with van der Waals surface area (Å²) in [6, 6.07) is 7.51. The fourth-order valence-electron chi connectivity index (χ4n) is 1.11. The standard InChI is InChI=1S/C12H18ClNOS/c1-12(2,14)9-16-8-7-15-11-6-4-3-5-10(11)13/h3-6H,7-9,14H2,1-2H3. The minimum Gasteiger partial charge on any atom is -0.491 e. The molecule has 1 aromatic carbocycles. The first-order valence-electron chi connectivity index (χ1n) is 5.23. The SMILES string of the molecule is CC(C)(N)CSCCOc1ccccc1Cl. The van der Waals surface area contributed by atoms with Crippen LogP contribution in [0.1, 0.15) is 13.8 Å². The maximum atomic E-state index is 5.96. The third-order valence-corrected chi connectivity index (χ3v) is 3.51. The van der Waals surface area contributed by atoms with Gasteiger partial charge < -0.3 is 10.5 Å². The van der Waals surface area contributed by atoms with Crippen molar-refractivity contribution in [1.29, 1.82) is 0 Å². The lowest BCUT2D eigenvalue weighted by Crippen LogP contribution is -2.34. The van der Waals surface area contributed by atoms with Crippen molar-refractivity contribution < 1.29 is 4.74 Å². The minimum absolute atomic E-state index is 0.116. The number of hydrogen-bond donors (Lipinski definition) is 1. The Balaban J connectivity index is 2.19. The van der Waals surface area contributed by atoms with Crippen LogP contribution in [0.3, 0.4) is 0 Å². The Morgan fingerprint density at radius 3 is 2.69 bits per heavy atom. The molecule has 0 aromatic heterocycles. The Labute approximate surface area is 107 Å². The summed E-state index contributed by atoms with van der Waals surface area (Å²) in [5.41, 5.74) is 5.75. The quantitative estimate of drug-likeness (QED) is 0.797. The smallest absolute Gasteiger partial charge is 0.137 e. The normalized spacial score (nSPS) is 11.5. The average Bonchev–Trinajstić information content (AvgIpc) is 2.18. The van der Waals surface area contributed by atoms with Crippen LogP contribution in [0.15, 0.2) is 24.3 Å². The number of para-hydroxylation sites is 1. The van der Waals surface area contributed by atoms with Gasteiger partial charge in [-0.1, -0.05) is 23.7 Å². The highest BCUT2D eigenvalue weighted by atomic mass is 35.5. The summed E-state index contributed by atoms with van der Waals surface area (Å²) in [7, 11) is 0. The monoisotopic (exact) mass is 259 g/mol.